The minimum Gasteiger partial charge on any atom is -0.481 e. The summed E-state index contributed by atoms with van der Waals surface area (Å²) in [6, 6.07) is -0.288. The van der Waals surface area contributed by atoms with Crippen molar-refractivity contribution in [3.63, 3.8) is 0 Å². The van der Waals surface area contributed by atoms with Gasteiger partial charge in [0.1, 0.15) is 6.10 Å². The summed E-state index contributed by atoms with van der Waals surface area (Å²) >= 11 is 0. The maximum Gasteiger partial charge on any atom is 0.317 e. The number of amides is 2. The number of carboxylic acid groups (broad SMARTS) is 1. The van der Waals surface area contributed by atoms with Gasteiger partial charge in [0, 0.05) is 33.0 Å². The van der Waals surface area contributed by atoms with Crippen LogP contribution in [0.2, 0.25) is 0 Å². The van der Waals surface area contributed by atoms with E-state index >= 15 is 0 Å². The summed E-state index contributed by atoms with van der Waals surface area (Å²) in [5, 5.41) is 11.7. The van der Waals surface area contributed by atoms with Gasteiger partial charge in [0.15, 0.2) is 5.79 Å². The molecule has 2 aliphatic rings. The van der Waals surface area contributed by atoms with Gasteiger partial charge in [-0.3, -0.25) is 4.79 Å². The lowest BCUT2D eigenvalue weighted by Crippen LogP contribution is -2.44. The standard InChI is InChI=1S/C16H28N2O5/c1-12(14(19)20)10-18(2)15(21)17-9-13-11-22-16(23-13)7-5-3-4-6-8-16/h12-13H,3-11H2,1-2H3,(H,17,21)(H,19,20). The SMILES string of the molecule is CC(CN(C)C(=O)NCC1COC2(CCCCCC2)O1)C(=O)O. The maximum atomic E-state index is 12.0. The summed E-state index contributed by atoms with van der Waals surface area (Å²) < 4.78 is 12.0. The zero-order valence-corrected chi connectivity index (χ0v) is 14.0. The van der Waals surface area contributed by atoms with Gasteiger partial charge in [0.25, 0.3) is 0 Å². The molecule has 2 unspecified atom stereocenters. The molecule has 1 heterocycles. The van der Waals surface area contributed by atoms with E-state index in [9.17, 15) is 9.59 Å². The Hall–Kier alpha value is -1.34. The zero-order valence-electron chi connectivity index (χ0n) is 14.0. The fraction of sp³-hybridized carbons (Fsp3) is 0.875. The molecule has 0 radical (unpaired) electrons. The molecule has 2 fully saturated rings. The first-order valence-corrected chi connectivity index (χ1v) is 8.45. The number of ether oxygens (including phenoxy) is 2. The van der Waals surface area contributed by atoms with Crippen molar-refractivity contribution in [1.29, 1.82) is 0 Å². The van der Waals surface area contributed by atoms with Crippen molar-refractivity contribution in [3.8, 4) is 0 Å². The van der Waals surface area contributed by atoms with Crippen LogP contribution in [0.5, 0.6) is 0 Å². The summed E-state index contributed by atoms with van der Waals surface area (Å²) in [4.78, 5) is 24.2. The highest BCUT2D eigenvalue weighted by atomic mass is 16.7. The first-order chi connectivity index (χ1) is 10.9. The van der Waals surface area contributed by atoms with Crippen LogP contribution in [0, 0.1) is 5.92 Å². The third kappa shape index (κ3) is 5.07. The third-order valence-corrected chi connectivity index (χ3v) is 4.58. The second-order valence-corrected chi connectivity index (χ2v) is 6.68. The monoisotopic (exact) mass is 328 g/mol. The van der Waals surface area contributed by atoms with Crippen LogP contribution >= 0.6 is 0 Å². The molecule has 2 atom stereocenters. The predicted octanol–water partition coefficient (Wildman–Crippen LogP) is 1.81. The highest BCUT2D eigenvalue weighted by Gasteiger charge is 2.41. The Kier molecular flexibility index (Phi) is 6.24. The molecule has 0 aromatic heterocycles. The van der Waals surface area contributed by atoms with Gasteiger partial charge in [-0.15, -0.1) is 0 Å². The molecule has 0 bridgehead atoms. The highest BCUT2D eigenvalue weighted by molar-refractivity contribution is 5.75. The molecule has 1 aliphatic carbocycles. The molecule has 1 spiro atoms. The highest BCUT2D eigenvalue weighted by Crippen LogP contribution is 2.36. The second-order valence-electron chi connectivity index (χ2n) is 6.68. The van der Waals surface area contributed by atoms with Crippen LogP contribution in [-0.4, -0.2) is 60.6 Å². The molecule has 0 aromatic carbocycles. The molecule has 7 heteroatoms. The number of carboxylic acids is 1. The third-order valence-electron chi connectivity index (χ3n) is 4.58. The van der Waals surface area contributed by atoms with E-state index in [4.69, 9.17) is 14.6 Å². The number of hydrogen-bond donors (Lipinski definition) is 2. The van der Waals surface area contributed by atoms with Gasteiger partial charge >= 0.3 is 12.0 Å². The van der Waals surface area contributed by atoms with Crippen LogP contribution in [-0.2, 0) is 14.3 Å². The van der Waals surface area contributed by atoms with Crippen molar-refractivity contribution in [1.82, 2.24) is 10.2 Å². The predicted molar refractivity (Wildman–Crippen MR) is 84.1 cm³/mol. The normalized spacial score (nSPS) is 24.9. The van der Waals surface area contributed by atoms with Gasteiger partial charge in [-0.1, -0.05) is 19.8 Å². The molecular weight excluding hydrogens is 300 g/mol. The lowest BCUT2D eigenvalue weighted by atomic mass is 10.1. The molecular formula is C16H28N2O5. The summed E-state index contributed by atoms with van der Waals surface area (Å²) in [6.45, 7) is 2.63. The maximum absolute atomic E-state index is 12.0. The Morgan fingerprint density at radius 3 is 2.57 bits per heavy atom. The average Bonchev–Trinajstić information content (AvgIpc) is 2.76. The Morgan fingerprint density at radius 1 is 1.30 bits per heavy atom. The zero-order chi connectivity index (χ0) is 16.9. The van der Waals surface area contributed by atoms with Crippen LogP contribution in [0.25, 0.3) is 0 Å². The van der Waals surface area contributed by atoms with Crippen molar-refractivity contribution in [2.75, 3.05) is 26.7 Å². The van der Waals surface area contributed by atoms with E-state index in [1.165, 1.54) is 17.7 Å². The molecule has 2 N–H and O–H groups in total. The van der Waals surface area contributed by atoms with E-state index in [2.05, 4.69) is 5.32 Å². The van der Waals surface area contributed by atoms with E-state index in [0.29, 0.717) is 13.2 Å². The van der Waals surface area contributed by atoms with Crippen LogP contribution in [0.1, 0.15) is 45.4 Å². The van der Waals surface area contributed by atoms with E-state index in [1.807, 2.05) is 0 Å². The average molecular weight is 328 g/mol. The number of aliphatic carboxylic acids is 1. The number of nitrogens with zero attached hydrogens (tertiary/aromatic N) is 1. The molecule has 132 valence electrons. The number of urea groups is 1. The molecule has 2 amide bonds. The van der Waals surface area contributed by atoms with Crippen molar-refractivity contribution in [3.05, 3.63) is 0 Å². The van der Waals surface area contributed by atoms with E-state index < -0.39 is 17.7 Å². The second kappa shape index (κ2) is 7.97. The summed E-state index contributed by atoms with van der Waals surface area (Å²) in [5.41, 5.74) is 0. The molecule has 0 aromatic rings. The number of nitrogens with one attached hydrogen (secondary N) is 1. The van der Waals surface area contributed by atoms with Crippen molar-refractivity contribution < 1.29 is 24.2 Å². The minimum absolute atomic E-state index is 0.137. The quantitative estimate of drug-likeness (QED) is 0.803. The number of carbonyl (C=O) groups is 2. The van der Waals surface area contributed by atoms with Crippen LogP contribution in [0.4, 0.5) is 4.79 Å². The Morgan fingerprint density at radius 2 is 1.96 bits per heavy atom. The van der Waals surface area contributed by atoms with Crippen molar-refractivity contribution in [2.24, 2.45) is 5.92 Å². The van der Waals surface area contributed by atoms with Crippen molar-refractivity contribution in [2.45, 2.75) is 57.3 Å². The lowest BCUT2D eigenvalue weighted by molar-refractivity contribution is -0.175. The summed E-state index contributed by atoms with van der Waals surface area (Å²) in [7, 11) is 1.59. The number of hydrogen-bond acceptors (Lipinski definition) is 4. The molecule has 1 saturated heterocycles. The Balaban J connectivity index is 1.73. The van der Waals surface area contributed by atoms with Crippen LogP contribution < -0.4 is 5.32 Å². The molecule has 1 aliphatic heterocycles. The molecule has 7 nitrogen and oxygen atoms in total. The topological polar surface area (TPSA) is 88.1 Å². The Bertz CT molecular complexity index is 421. The fourth-order valence-corrected chi connectivity index (χ4v) is 3.15. The Labute approximate surface area is 137 Å². The van der Waals surface area contributed by atoms with E-state index in [1.54, 1.807) is 14.0 Å². The van der Waals surface area contributed by atoms with Crippen LogP contribution in [0.3, 0.4) is 0 Å². The molecule has 1 saturated carbocycles. The van der Waals surface area contributed by atoms with Gasteiger partial charge < -0.3 is 24.8 Å². The van der Waals surface area contributed by atoms with Gasteiger partial charge in [0.05, 0.1) is 12.5 Å². The fourth-order valence-electron chi connectivity index (χ4n) is 3.15. The first kappa shape index (κ1) is 18.0. The van der Waals surface area contributed by atoms with Gasteiger partial charge in [-0.2, -0.15) is 0 Å². The lowest BCUT2D eigenvalue weighted by Gasteiger charge is -2.26. The molecule has 2 rings (SSSR count). The number of rotatable bonds is 5. The number of carbonyl (C=O) groups excluding carboxylic acids is 1. The summed E-state index contributed by atoms with van der Waals surface area (Å²) in [6.07, 6.45) is 6.40. The van der Waals surface area contributed by atoms with E-state index in [0.717, 1.165) is 25.7 Å². The van der Waals surface area contributed by atoms with Crippen molar-refractivity contribution >= 4 is 12.0 Å². The smallest absolute Gasteiger partial charge is 0.317 e. The van der Waals surface area contributed by atoms with E-state index in [-0.39, 0.29) is 18.7 Å². The summed E-state index contributed by atoms with van der Waals surface area (Å²) in [5.74, 6) is -1.95. The van der Waals surface area contributed by atoms with Gasteiger partial charge in [0.2, 0.25) is 0 Å². The minimum atomic E-state index is -0.910. The van der Waals surface area contributed by atoms with Gasteiger partial charge in [-0.25, -0.2) is 4.79 Å². The molecule has 23 heavy (non-hydrogen) atoms. The first-order valence-electron chi connectivity index (χ1n) is 8.45. The van der Waals surface area contributed by atoms with Crippen LogP contribution in [0.15, 0.2) is 0 Å². The van der Waals surface area contributed by atoms with Gasteiger partial charge in [-0.05, 0) is 12.8 Å². The largest absolute Gasteiger partial charge is 0.481 e.